The molecule has 21 heavy (non-hydrogen) atoms. The van der Waals surface area contributed by atoms with Crippen LogP contribution < -0.4 is 0 Å². The molecule has 0 saturated heterocycles. The minimum Gasteiger partial charge on any atom is -0.478 e. The van der Waals surface area contributed by atoms with E-state index in [1.807, 2.05) is 0 Å². The van der Waals surface area contributed by atoms with E-state index in [9.17, 15) is 18.0 Å². The molecule has 0 aliphatic rings. The summed E-state index contributed by atoms with van der Waals surface area (Å²) in [6.07, 6.45) is -4.47. The van der Waals surface area contributed by atoms with Crippen LogP contribution in [0.25, 0.3) is 11.1 Å². The van der Waals surface area contributed by atoms with Crippen molar-refractivity contribution in [1.82, 2.24) is 0 Å². The highest BCUT2D eigenvalue weighted by Gasteiger charge is 2.33. The Labute approximate surface area is 124 Å². The van der Waals surface area contributed by atoms with Crippen molar-refractivity contribution in [3.63, 3.8) is 0 Å². The van der Waals surface area contributed by atoms with Crippen LogP contribution in [0.5, 0.6) is 0 Å². The van der Waals surface area contributed by atoms with E-state index in [1.54, 1.807) is 0 Å². The number of thiol groups is 1. The molecule has 2 rings (SSSR count). The van der Waals surface area contributed by atoms with Gasteiger partial charge in [0.05, 0.1) is 11.1 Å². The molecule has 0 atom stereocenters. The Morgan fingerprint density at radius 3 is 2.38 bits per heavy atom. The predicted molar refractivity (Wildman–Crippen MR) is 76.5 cm³/mol. The Kier molecular flexibility index (Phi) is 4.27. The van der Waals surface area contributed by atoms with E-state index in [2.05, 4.69) is 12.6 Å². The lowest BCUT2D eigenvalue weighted by Crippen LogP contribution is -2.07. The van der Waals surface area contributed by atoms with Gasteiger partial charge in [-0.2, -0.15) is 25.8 Å². The van der Waals surface area contributed by atoms with Gasteiger partial charge >= 0.3 is 12.1 Å². The molecule has 0 aliphatic heterocycles. The molecule has 0 heterocycles. The van der Waals surface area contributed by atoms with Crippen molar-refractivity contribution in [1.29, 1.82) is 0 Å². The number of halogens is 3. The van der Waals surface area contributed by atoms with Gasteiger partial charge in [0.2, 0.25) is 0 Å². The number of carboxylic acid groups (broad SMARTS) is 1. The second-order valence-corrected chi connectivity index (χ2v) is 4.69. The summed E-state index contributed by atoms with van der Waals surface area (Å²) in [6.45, 7) is 0. The van der Waals surface area contributed by atoms with Gasteiger partial charge in [0, 0.05) is 5.75 Å². The zero-order valence-electron chi connectivity index (χ0n) is 10.7. The van der Waals surface area contributed by atoms with Crippen LogP contribution in [0.2, 0.25) is 0 Å². The topological polar surface area (TPSA) is 37.3 Å². The number of alkyl halides is 3. The monoisotopic (exact) mass is 312 g/mol. The molecule has 0 fully saturated rings. The molecule has 110 valence electrons. The fourth-order valence-corrected chi connectivity index (χ4v) is 2.34. The third-order valence-corrected chi connectivity index (χ3v) is 3.39. The second-order valence-electron chi connectivity index (χ2n) is 4.38. The molecule has 0 radical (unpaired) electrons. The number of aromatic carboxylic acids is 1. The normalized spacial score (nSPS) is 11.4. The van der Waals surface area contributed by atoms with E-state index in [1.165, 1.54) is 36.4 Å². The van der Waals surface area contributed by atoms with E-state index in [-0.39, 0.29) is 16.9 Å². The van der Waals surface area contributed by atoms with Gasteiger partial charge in [-0.25, -0.2) is 4.79 Å². The summed E-state index contributed by atoms with van der Waals surface area (Å²) >= 11 is 4.03. The van der Waals surface area contributed by atoms with E-state index < -0.39 is 17.7 Å². The van der Waals surface area contributed by atoms with Crippen molar-refractivity contribution in [3.8, 4) is 11.1 Å². The van der Waals surface area contributed by atoms with Gasteiger partial charge in [-0.15, -0.1) is 0 Å². The Morgan fingerprint density at radius 1 is 1.14 bits per heavy atom. The Balaban J connectivity index is 2.61. The first-order chi connectivity index (χ1) is 9.84. The molecule has 0 unspecified atom stereocenters. The van der Waals surface area contributed by atoms with Crippen LogP contribution >= 0.6 is 12.6 Å². The molecular weight excluding hydrogens is 301 g/mol. The first kappa shape index (κ1) is 15.4. The van der Waals surface area contributed by atoms with Crippen LogP contribution in [-0.4, -0.2) is 11.1 Å². The highest BCUT2D eigenvalue weighted by Crippen LogP contribution is 2.37. The maximum absolute atomic E-state index is 13.0. The summed E-state index contributed by atoms with van der Waals surface area (Å²) < 4.78 is 39.0. The minimum atomic E-state index is -4.47. The number of hydrogen-bond acceptors (Lipinski definition) is 2. The van der Waals surface area contributed by atoms with Crippen molar-refractivity contribution >= 4 is 18.6 Å². The van der Waals surface area contributed by atoms with Crippen molar-refractivity contribution < 1.29 is 23.1 Å². The molecular formula is C15H11F3O2S. The standard InChI is InChI=1S/C15H11F3O2S/c16-15(17,18)13-4-2-1-3-11(13)9-5-6-12(14(19)20)10(7-9)8-21/h1-7,21H,8H2,(H,19,20). The molecule has 2 aromatic rings. The van der Waals surface area contributed by atoms with Gasteiger partial charge < -0.3 is 5.11 Å². The smallest absolute Gasteiger partial charge is 0.417 e. The molecule has 6 heteroatoms. The summed E-state index contributed by atoms with van der Waals surface area (Å²) in [5.41, 5.74) is -0.00122. The van der Waals surface area contributed by atoms with E-state index in [0.29, 0.717) is 11.1 Å². The minimum absolute atomic E-state index is 0.0185. The predicted octanol–water partition coefficient (Wildman–Crippen LogP) is 4.50. The molecule has 0 aliphatic carbocycles. The quantitative estimate of drug-likeness (QED) is 0.819. The highest BCUT2D eigenvalue weighted by atomic mass is 32.1. The number of benzene rings is 2. The lowest BCUT2D eigenvalue weighted by molar-refractivity contribution is -0.137. The molecule has 0 spiro atoms. The Bertz CT molecular complexity index is 681. The third-order valence-electron chi connectivity index (χ3n) is 3.05. The van der Waals surface area contributed by atoms with Gasteiger partial charge in [-0.3, -0.25) is 0 Å². The van der Waals surface area contributed by atoms with Crippen LogP contribution in [-0.2, 0) is 11.9 Å². The number of hydrogen-bond donors (Lipinski definition) is 2. The third kappa shape index (κ3) is 3.21. The fourth-order valence-electron chi connectivity index (χ4n) is 2.08. The first-order valence-corrected chi connectivity index (χ1v) is 6.61. The largest absolute Gasteiger partial charge is 0.478 e. The Hall–Kier alpha value is -1.95. The van der Waals surface area contributed by atoms with Crippen molar-refractivity contribution in [2.24, 2.45) is 0 Å². The molecule has 2 nitrogen and oxygen atoms in total. The van der Waals surface area contributed by atoms with Crippen LogP contribution in [0.4, 0.5) is 13.2 Å². The molecule has 0 amide bonds. The van der Waals surface area contributed by atoms with Crippen molar-refractivity contribution in [2.45, 2.75) is 11.9 Å². The Morgan fingerprint density at radius 2 is 1.81 bits per heavy atom. The molecule has 2 aromatic carbocycles. The van der Waals surface area contributed by atoms with Crippen LogP contribution in [0.15, 0.2) is 42.5 Å². The molecule has 0 saturated carbocycles. The zero-order chi connectivity index (χ0) is 15.6. The van der Waals surface area contributed by atoms with E-state index in [0.717, 1.165) is 6.07 Å². The average molecular weight is 312 g/mol. The maximum atomic E-state index is 13.0. The lowest BCUT2D eigenvalue weighted by atomic mass is 9.96. The van der Waals surface area contributed by atoms with Crippen LogP contribution in [0.1, 0.15) is 21.5 Å². The summed E-state index contributed by atoms with van der Waals surface area (Å²) in [6, 6.07) is 9.30. The molecule has 1 N–H and O–H groups in total. The van der Waals surface area contributed by atoms with Gasteiger partial charge in [-0.1, -0.05) is 24.3 Å². The van der Waals surface area contributed by atoms with Crippen molar-refractivity contribution in [2.75, 3.05) is 0 Å². The van der Waals surface area contributed by atoms with Gasteiger partial charge in [-0.05, 0) is 34.9 Å². The van der Waals surface area contributed by atoms with Gasteiger partial charge in [0.1, 0.15) is 0 Å². The molecule has 0 aromatic heterocycles. The van der Waals surface area contributed by atoms with Crippen molar-refractivity contribution in [3.05, 3.63) is 59.2 Å². The van der Waals surface area contributed by atoms with Gasteiger partial charge in [0.15, 0.2) is 0 Å². The zero-order valence-corrected chi connectivity index (χ0v) is 11.6. The summed E-state index contributed by atoms with van der Waals surface area (Å²) in [4.78, 5) is 11.0. The van der Waals surface area contributed by atoms with Crippen LogP contribution in [0, 0.1) is 0 Å². The molecule has 0 bridgehead atoms. The van der Waals surface area contributed by atoms with Crippen LogP contribution in [0.3, 0.4) is 0 Å². The highest BCUT2D eigenvalue weighted by molar-refractivity contribution is 7.79. The number of carbonyl (C=O) groups is 1. The average Bonchev–Trinajstić information content (AvgIpc) is 2.45. The second kappa shape index (κ2) is 5.81. The van der Waals surface area contributed by atoms with E-state index in [4.69, 9.17) is 5.11 Å². The fraction of sp³-hybridized carbons (Fsp3) is 0.133. The summed E-state index contributed by atoms with van der Waals surface area (Å²) in [5.74, 6) is -1.00. The summed E-state index contributed by atoms with van der Waals surface area (Å²) in [7, 11) is 0. The number of carboxylic acids is 1. The maximum Gasteiger partial charge on any atom is 0.417 e. The van der Waals surface area contributed by atoms with Gasteiger partial charge in [0.25, 0.3) is 0 Å². The SMILES string of the molecule is O=C(O)c1ccc(-c2ccccc2C(F)(F)F)cc1CS. The summed E-state index contributed by atoms with van der Waals surface area (Å²) in [5, 5.41) is 9.03. The lowest BCUT2D eigenvalue weighted by Gasteiger charge is -2.14. The van der Waals surface area contributed by atoms with E-state index >= 15 is 0 Å². The first-order valence-electron chi connectivity index (χ1n) is 5.98. The number of rotatable bonds is 3.